The molecule has 0 aliphatic heterocycles. The Morgan fingerprint density at radius 3 is 2.31 bits per heavy atom. The second-order valence-electron chi connectivity index (χ2n) is 5.44. The van der Waals surface area contributed by atoms with Crippen LogP contribution in [0.4, 0.5) is 4.39 Å². The van der Waals surface area contributed by atoms with Crippen molar-refractivity contribution in [1.29, 1.82) is 0 Å². The van der Waals surface area contributed by atoms with E-state index in [9.17, 15) is 17.6 Å². The number of nitrogens with one attached hydrogen (secondary N) is 2. The summed E-state index contributed by atoms with van der Waals surface area (Å²) >= 11 is 0. The maximum Gasteiger partial charge on any atom is 0.352 e. The summed E-state index contributed by atoms with van der Waals surface area (Å²) in [4.78, 5) is 17.0. The molecule has 1 atom stereocenters. The van der Waals surface area contributed by atoms with Gasteiger partial charge in [-0.25, -0.2) is 17.6 Å². The first kappa shape index (κ1) is 17.8. The van der Waals surface area contributed by atoms with Gasteiger partial charge in [0.25, 0.3) is 0 Å². The zero-order chi connectivity index (χ0) is 18.7. The average molecular weight is 375 g/mol. The maximum atomic E-state index is 13.2. The van der Waals surface area contributed by atoms with Crippen molar-refractivity contribution in [2.75, 3.05) is 0 Å². The molecular weight excluding hydrogens is 361 g/mol. The molecule has 0 saturated carbocycles. The summed E-state index contributed by atoms with van der Waals surface area (Å²) in [6.45, 7) is 0. The van der Waals surface area contributed by atoms with Crippen LogP contribution in [-0.2, 0) is 10.0 Å². The van der Waals surface area contributed by atoms with Crippen molar-refractivity contribution >= 4 is 16.0 Å². The van der Waals surface area contributed by atoms with E-state index in [1.54, 1.807) is 12.1 Å². The predicted octanol–water partition coefficient (Wildman–Crippen LogP) is 2.31. The van der Waals surface area contributed by atoms with Gasteiger partial charge < -0.3 is 10.1 Å². The maximum absolute atomic E-state index is 13.2. The van der Waals surface area contributed by atoms with Crippen molar-refractivity contribution in [3.63, 3.8) is 0 Å². The van der Waals surface area contributed by atoms with Gasteiger partial charge in [-0.15, -0.1) is 0 Å². The smallest absolute Gasteiger partial charge is 0.352 e. The number of nitrogens with zero attached hydrogens (tertiary/aromatic N) is 1. The first-order chi connectivity index (χ1) is 12.4. The zero-order valence-corrected chi connectivity index (χ0v) is 14.1. The Labute approximate surface area is 148 Å². The summed E-state index contributed by atoms with van der Waals surface area (Å²) < 4.78 is 41.1. The van der Waals surface area contributed by atoms with E-state index in [4.69, 9.17) is 5.11 Å². The van der Waals surface area contributed by atoms with E-state index in [1.165, 1.54) is 36.7 Å². The van der Waals surface area contributed by atoms with Crippen LogP contribution in [0.3, 0.4) is 0 Å². The number of hydrogen-bond acceptors (Lipinski definition) is 4. The third-order valence-corrected chi connectivity index (χ3v) is 5.12. The van der Waals surface area contributed by atoms with Crippen molar-refractivity contribution in [3.8, 4) is 0 Å². The highest BCUT2D eigenvalue weighted by molar-refractivity contribution is 7.89. The number of rotatable bonds is 6. The number of aromatic amines is 1. The van der Waals surface area contributed by atoms with Crippen molar-refractivity contribution in [2.45, 2.75) is 10.9 Å². The minimum atomic E-state index is -4.04. The minimum absolute atomic E-state index is 0.212. The molecule has 0 fully saturated rings. The molecule has 3 rings (SSSR count). The minimum Gasteiger partial charge on any atom is -0.477 e. The van der Waals surface area contributed by atoms with Gasteiger partial charge in [-0.1, -0.05) is 12.1 Å². The molecule has 0 spiro atoms. The Morgan fingerprint density at radius 1 is 1.12 bits per heavy atom. The van der Waals surface area contributed by atoms with E-state index < -0.39 is 27.9 Å². The lowest BCUT2D eigenvalue weighted by molar-refractivity contribution is 0.0691. The molecule has 1 unspecified atom stereocenters. The summed E-state index contributed by atoms with van der Waals surface area (Å²) in [6, 6.07) is 8.91. The van der Waals surface area contributed by atoms with E-state index in [-0.39, 0.29) is 10.6 Å². The molecule has 134 valence electrons. The van der Waals surface area contributed by atoms with Gasteiger partial charge in [0.05, 0.1) is 6.04 Å². The molecule has 0 aliphatic rings. The molecule has 9 heteroatoms. The van der Waals surface area contributed by atoms with Gasteiger partial charge in [0, 0.05) is 18.6 Å². The van der Waals surface area contributed by atoms with Crippen LogP contribution < -0.4 is 4.72 Å². The van der Waals surface area contributed by atoms with Crippen LogP contribution in [0.5, 0.6) is 0 Å². The number of halogens is 1. The number of sulfonamides is 1. The van der Waals surface area contributed by atoms with E-state index >= 15 is 0 Å². The molecule has 0 radical (unpaired) electrons. The summed E-state index contributed by atoms with van der Waals surface area (Å²) in [7, 11) is -4.04. The SMILES string of the molecule is O=C(O)c1cc(S(=O)(=O)NC(c2ccncc2)c2ccc(F)cc2)c[nH]1. The number of carbonyl (C=O) groups is 1. The lowest BCUT2D eigenvalue weighted by Crippen LogP contribution is -2.29. The predicted molar refractivity (Wildman–Crippen MR) is 90.6 cm³/mol. The van der Waals surface area contributed by atoms with Crippen LogP contribution in [0.25, 0.3) is 0 Å². The van der Waals surface area contributed by atoms with Crippen LogP contribution in [0.1, 0.15) is 27.7 Å². The fourth-order valence-electron chi connectivity index (χ4n) is 2.42. The Hall–Kier alpha value is -3.04. The van der Waals surface area contributed by atoms with Crippen LogP contribution in [0, 0.1) is 5.82 Å². The summed E-state index contributed by atoms with van der Waals surface area (Å²) in [6.07, 6.45) is 4.12. The van der Waals surface area contributed by atoms with Crippen LogP contribution >= 0.6 is 0 Å². The van der Waals surface area contributed by atoms with E-state index in [0.717, 1.165) is 12.3 Å². The largest absolute Gasteiger partial charge is 0.477 e. The first-order valence-electron chi connectivity index (χ1n) is 7.46. The van der Waals surface area contributed by atoms with E-state index in [0.29, 0.717) is 11.1 Å². The fraction of sp³-hybridized carbons (Fsp3) is 0.0588. The Balaban J connectivity index is 1.99. The molecule has 0 aliphatic carbocycles. The molecule has 2 heterocycles. The van der Waals surface area contributed by atoms with Gasteiger partial charge in [0.15, 0.2) is 0 Å². The summed E-state index contributed by atoms with van der Waals surface area (Å²) in [5.74, 6) is -1.71. The Kier molecular flexibility index (Phi) is 4.83. The molecule has 7 nitrogen and oxygen atoms in total. The van der Waals surface area contributed by atoms with Gasteiger partial charge in [-0.3, -0.25) is 4.98 Å². The molecule has 3 N–H and O–H groups in total. The number of H-pyrrole nitrogens is 1. The number of pyridine rings is 1. The van der Waals surface area contributed by atoms with Gasteiger partial charge in [0.1, 0.15) is 16.4 Å². The highest BCUT2D eigenvalue weighted by atomic mass is 32.2. The monoisotopic (exact) mass is 375 g/mol. The van der Waals surface area contributed by atoms with Crippen molar-refractivity contribution in [3.05, 3.63) is 83.7 Å². The molecule has 1 aromatic carbocycles. The standard InChI is InChI=1S/C17H14FN3O4S/c18-13-3-1-11(2-4-13)16(12-5-7-19-8-6-12)21-26(24,25)14-9-15(17(22)23)20-10-14/h1-10,16,20-21H,(H,22,23). The fourth-order valence-corrected chi connectivity index (χ4v) is 3.62. The van der Waals surface area contributed by atoms with Crippen LogP contribution in [0.2, 0.25) is 0 Å². The summed E-state index contributed by atoms with van der Waals surface area (Å²) in [5, 5.41) is 8.94. The van der Waals surface area contributed by atoms with E-state index in [2.05, 4.69) is 14.7 Å². The zero-order valence-electron chi connectivity index (χ0n) is 13.3. The van der Waals surface area contributed by atoms with Crippen LogP contribution in [0.15, 0.2) is 66.0 Å². The molecule has 0 bridgehead atoms. The molecular formula is C17H14FN3O4S. The first-order valence-corrected chi connectivity index (χ1v) is 8.94. The lowest BCUT2D eigenvalue weighted by Gasteiger charge is -2.19. The lowest BCUT2D eigenvalue weighted by atomic mass is 10.0. The normalized spacial score (nSPS) is 12.7. The van der Waals surface area contributed by atoms with Gasteiger partial charge in [0.2, 0.25) is 10.0 Å². The second kappa shape index (κ2) is 7.06. The van der Waals surface area contributed by atoms with Crippen molar-refractivity contribution < 1.29 is 22.7 Å². The Bertz CT molecular complexity index is 1020. The van der Waals surface area contributed by atoms with Crippen molar-refractivity contribution in [2.24, 2.45) is 0 Å². The average Bonchev–Trinajstić information content (AvgIpc) is 3.13. The molecule has 26 heavy (non-hydrogen) atoms. The number of carboxylic acid groups (broad SMARTS) is 1. The molecule has 2 aromatic heterocycles. The van der Waals surface area contributed by atoms with Crippen molar-refractivity contribution in [1.82, 2.24) is 14.7 Å². The number of aromatic nitrogens is 2. The quantitative estimate of drug-likeness (QED) is 0.612. The van der Waals surface area contributed by atoms with Gasteiger partial charge in [-0.05, 0) is 41.5 Å². The third-order valence-electron chi connectivity index (χ3n) is 3.71. The number of carboxylic acids is 1. The molecule has 3 aromatic rings. The van der Waals surface area contributed by atoms with Gasteiger partial charge >= 0.3 is 5.97 Å². The van der Waals surface area contributed by atoms with Gasteiger partial charge in [-0.2, -0.15) is 4.72 Å². The third kappa shape index (κ3) is 3.79. The highest BCUT2D eigenvalue weighted by Crippen LogP contribution is 2.25. The number of hydrogen-bond donors (Lipinski definition) is 3. The second-order valence-corrected chi connectivity index (χ2v) is 7.15. The summed E-state index contributed by atoms with van der Waals surface area (Å²) in [5.41, 5.74) is 0.881. The Morgan fingerprint density at radius 2 is 1.73 bits per heavy atom. The van der Waals surface area contributed by atoms with E-state index in [1.807, 2.05) is 0 Å². The number of benzene rings is 1. The number of aromatic carboxylic acids is 1. The highest BCUT2D eigenvalue weighted by Gasteiger charge is 2.24. The molecule has 0 saturated heterocycles. The van der Waals surface area contributed by atoms with Crippen LogP contribution in [-0.4, -0.2) is 29.5 Å². The topological polar surface area (TPSA) is 112 Å². The molecule has 0 amide bonds.